The Hall–Kier alpha value is -2.54. The molecule has 3 heterocycles. The topological polar surface area (TPSA) is 80.2 Å². The molecule has 1 saturated heterocycles. The number of nitrogens with one attached hydrogen (secondary N) is 1. The van der Waals surface area contributed by atoms with Crippen LogP contribution in [-0.4, -0.2) is 47.2 Å². The smallest absolute Gasteiger partial charge is 0.275 e. The number of hydrogen-bond acceptors (Lipinski definition) is 6. The molecule has 2 aromatic heterocycles. The molecule has 0 radical (unpaired) electrons. The summed E-state index contributed by atoms with van der Waals surface area (Å²) in [5.41, 5.74) is 2.23. The Kier molecular flexibility index (Phi) is 5.23. The lowest BCUT2D eigenvalue weighted by Gasteiger charge is -2.27. The van der Waals surface area contributed by atoms with Gasteiger partial charge in [0.05, 0.1) is 13.2 Å². The van der Waals surface area contributed by atoms with Crippen LogP contribution in [0.15, 0.2) is 24.4 Å². The van der Waals surface area contributed by atoms with E-state index in [1.807, 2.05) is 19.1 Å². The van der Waals surface area contributed by atoms with Crippen LogP contribution in [0.5, 0.6) is 0 Å². The first-order valence-corrected chi connectivity index (χ1v) is 8.48. The van der Waals surface area contributed by atoms with Gasteiger partial charge in [-0.15, -0.1) is 0 Å². The number of carbonyl (C=O) groups excluding carboxylic acids is 1. The summed E-state index contributed by atoms with van der Waals surface area (Å²) < 4.78 is 5.38. The van der Waals surface area contributed by atoms with Crippen LogP contribution in [0.3, 0.4) is 0 Å². The van der Waals surface area contributed by atoms with Crippen molar-refractivity contribution >= 4 is 17.7 Å². The van der Waals surface area contributed by atoms with Crippen LogP contribution in [-0.2, 0) is 4.74 Å². The number of carbonyl (C=O) groups is 1. The molecular weight excluding hydrogens is 318 g/mol. The Morgan fingerprint density at radius 1 is 1.24 bits per heavy atom. The largest absolute Gasteiger partial charge is 0.378 e. The maximum absolute atomic E-state index is 12.7. The second-order valence-electron chi connectivity index (χ2n) is 6.40. The number of nitrogens with zero attached hydrogens (tertiary/aromatic N) is 4. The molecule has 0 unspecified atom stereocenters. The normalized spacial score (nSPS) is 14.6. The molecule has 25 heavy (non-hydrogen) atoms. The first-order chi connectivity index (χ1) is 12.0. The number of hydrogen-bond donors (Lipinski definition) is 1. The minimum absolute atomic E-state index is 0.200. The summed E-state index contributed by atoms with van der Waals surface area (Å²) >= 11 is 0. The van der Waals surface area contributed by atoms with Gasteiger partial charge in [0.25, 0.3) is 5.91 Å². The summed E-state index contributed by atoms with van der Waals surface area (Å²) in [5.74, 6) is 1.02. The number of aromatic nitrogens is 3. The second kappa shape index (κ2) is 7.57. The van der Waals surface area contributed by atoms with Crippen LogP contribution in [0.25, 0.3) is 0 Å². The lowest BCUT2D eigenvalue weighted by Crippen LogP contribution is -2.38. The van der Waals surface area contributed by atoms with E-state index in [4.69, 9.17) is 4.74 Å². The number of anilines is 2. The van der Waals surface area contributed by atoms with E-state index in [0.717, 1.165) is 24.3 Å². The highest BCUT2D eigenvalue weighted by molar-refractivity contribution is 6.02. The maximum atomic E-state index is 12.7. The molecule has 0 aliphatic carbocycles. The molecule has 0 saturated carbocycles. The fourth-order valence-corrected chi connectivity index (χ4v) is 2.55. The van der Waals surface area contributed by atoms with E-state index in [0.29, 0.717) is 30.7 Å². The Bertz CT molecular complexity index is 757. The van der Waals surface area contributed by atoms with Crippen molar-refractivity contribution in [2.45, 2.75) is 26.7 Å². The van der Waals surface area contributed by atoms with Crippen LogP contribution in [0.4, 0.5) is 11.8 Å². The highest BCUT2D eigenvalue weighted by atomic mass is 16.5. The first kappa shape index (κ1) is 17.3. The van der Waals surface area contributed by atoms with Crippen molar-refractivity contribution in [1.82, 2.24) is 15.0 Å². The van der Waals surface area contributed by atoms with Crippen molar-refractivity contribution in [3.05, 3.63) is 41.3 Å². The summed E-state index contributed by atoms with van der Waals surface area (Å²) in [5, 5.41) is 2.81. The SMILES string of the molecule is Cc1ccnc(NC(=O)c2cc(C(C)C)nc(N3CCOCC3)n2)c1. The second-order valence-corrected chi connectivity index (χ2v) is 6.40. The Morgan fingerprint density at radius 2 is 2.00 bits per heavy atom. The molecule has 1 aliphatic heterocycles. The number of ether oxygens (including phenoxy) is 1. The van der Waals surface area contributed by atoms with Crippen LogP contribution in [0.2, 0.25) is 0 Å². The maximum Gasteiger partial charge on any atom is 0.275 e. The van der Waals surface area contributed by atoms with E-state index >= 15 is 0 Å². The zero-order valence-electron chi connectivity index (χ0n) is 14.8. The first-order valence-electron chi connectivity index (χ1n) is 8.48. The molecule has 0 aromatic carbocycles. The van der Waals surface area contributed by atoms with Gasteiger partial charge in [-0.25, -0.2) is 15.0 Å². The number of pyridine rings is 1. The standard InChI is InChI=1S/C18H23N5O2/c1-12(2)14-11-15(17(24)22-16-10-13(3)4-5-19-16)21-18(20-14)23-6-8-25-9-7-23/h4-5,10-12H,6-9H2,1-3H3,(H,19,22,24). The molecule has 0 bridgehead atoms. The molecule has 3 rings (SSSR count). The average Bonchev–Trinajstić information content (AvgIpc) is 2.62. The minimum Gasteiger partial charge on any atom is -0.378 e. The Morgan fingerprint density at radius 3 is 2.68 bits per heavy atom. The van der Waals surface area contributed by atoms with Gasteiger partial charge in [0.15, 0.2) is 0 Å². The minimum atomic E-state index is -0.281. The van der Waals surface area contributed by atoms with Crippen molar-refractivity contribution in [3.63, 3.8) is 0 Å². The van der Waals surface area contributed by atoms with Gasteiger partial charge in [-0.2, -0.15) is 0 Å². The molecular formula is C18H23N5O2. The van der Waals surface area contributed by atoms with Crippen LogP contribution >= 0.6 is 0 Å². The molecule has 1 N–H and O–H groups in total. The van der Waals surface area contributed by atoms with Gasteiger partial charge in [0.2, 0.25) is 5.95 Å². The van der Waals surface area contributed by atoms with Crippen molar-refractivity contribution in [2.24, 2.45) is 0 Å². The molecule has 7 nitrogen and oxygen atoms in total. The van der Waals surface area contributed by atoms with Gasteiger partial charge in [0.1, 0.15) is 11.5 Å². The van der Waals surface area contributed by atoms with Crippen molar-refractivity contribution < 1.29 is 9.53 Å². The van der Waals surface area contributed by atoms with Crippen molar-refractivity contribution in [1.29, 1.82) is 0 Å². The highest BCUT2D eigenvalue weighted by Crippen LogP contribution is 2.19. The monoisotopic (exact) mass is 341 g/mol. The zero-order chi connectivity index (χ0) is 17.8. The van der Waals surface area contributed by atoms with E-state index in [1.54, 1.807) is 12.3 Å². The fraction of sp³-hybridized carbons (Fsp3) is 0.444. The van der Waals surface area contributed by atoms with Crippen LogP contribution < -0.4 is 10.2 Å². The molecule has 0 atom stereocenters. The van der Waals surface area contributed by atoms with Crippen molar-refractivity contribution in [3.8, 4) is 0 Å². The molecule has 1 amide bonds. The van der Waals surface area contributed by atoms with Crippen LogP contribution in [0, 0.1) is 6.92 Å². The van der Waals surface area contributed by atoms with Gasteiger partial charge in [-0.1, -0.05) is 13.8 Å². The van der Waals surface area contributed by atoms with E-state index < -0.39 is 0 Å². The summed E-state index contributed by atoms with van der Waals surface area (Å²) in [6.45, 7) is 8.79. The quantitative estimate of drug-likeness (QED) is 0.920. The number of morpholine rings is 1. The molecule has 132 valence electrons. The summed E-state index contributed by atoms with van der Waals surface area (Å²) in [7, 11) is 0. The van der Waals surface area contributed by atoms with Gasteiger partial charge in [0, 0.05) is 25.0 Å². The zero-order valence-corrected chi connectivity index (χ0v) is 14.8. The van der Waals surface area contributed by atoms with Crippen molar-refractivity contribution in [2.75, 3.05) is 36.5 Å². The van der Waals surface area contributed by atoms with E-state index in [1.165, 1.54) is 0 Å². The van der Waals surface area contributed by atoms with Gasteiger partial charge in [-0.3, -0.25) is 4.79 Å². The predicted octanol–water partition coefficient (Wildman–Crippen LogP) is 2.39. The summed E-state index contributed by atoms with van der Waals surface area (Å²) in [4.78, 5) is 28.0. The molecule has 0 spiro atoms. The predicted molar refractivity (Wildman–Crippen MR) is 96.1 cm³/mol. The van der Waals surface area contributed by atoms with E-state index in [-0.39, 0.29) is 11.8 Å². The van der Waals surface area contributed by atoms with E-state index in [2.05, 4.69) is 39.0 Å². The third-order valence-electron chi connectivity index (χ3n) is 4.01. The Labute approximate surface area is 147 Å². The third-order valence-corrected chi connectivity index (χ3v) is 4.01. The number of amides is 1. The number of rotatable bonds is 4. The van der Waals surface area contributed by atoms with Crippen LogP contribution in [0.1, 0.15) is 41.5 Å². The van der Waals surface area contributed by atoms with Gasteiger partial charge < -0.3 is 15.0 Å². The lowest BCUT2D eigenvalue weighted by molar-refractivity contribution is 0.102. The summed E-state index contributed by atoms with van der Waals surface area (Å²) in [6, 6.07) is 5.46. The Balaban J connectivity index is 1.88. The fourth-order valence-electron chi connectivity index (χ4n) is 2.55. The lowest BCUT2D eigenvalue weighted by atomic mass is 10.1. The van der Waals surface area contributed by atoms with Gasteiger partial charge in [-0.05, 0) is 36.6 Å². The molecule has 2 aromatic rings. The molecule has 7 heteroatoms. The van der Waals surface area contributed by atoms with Gasteiger partial charge >= 0.3 is 0 Å². The third kappa shape index (κ3) is 4.30. The molecule has 1 aliphatic rings. The average molecular weight is 341 g/mol. The molecule has 1 fully saturated rings. The summed E-state index contributed by atoms with van der Waals surface area (Å²) in [6.07, 6.45) is 1.67. The highest BCUT2D eigenvalue weighted by Gasteiger charge is 2.19. The number of aryl methyl sites for hydroxylation is 1. The van der Waals surface area contributed by atoms with E-state index in [9.17, 15) is 4.79 Å².